The van der Waals surface area contributed by atoms with Crippen molar-refractivity contribution < 1.29 is 45.4 Å². The van der Waals surface area contributed by atoms with Crippen LogP contribution in [0.25, 0.3) is 0 Å². The molecule has 0 saturated heterocycles. The Bertz CT molecular complexity index is 528. The summed E-state index contributed by atoms with van der Waals surface area (Å²) in [6, 6.07) is 0. The van der Waals surface area contributed by atoms with Crippen LogP contribution in [-0.2, 0) is 19.1 Å². The second-order valence-electron chi connectivity index (χ2n) is 8.85. The number of carbonyl (C=O) groups is 2. The Hall–Kier alpha value is -1.48. The predicted molar refractivity (Wildman–Crippen MR) is 96.0 cm³/mol. The second-order valence-corrected chi connectivity index (χ2v) is 8.85. The Morgan fingerprint density at radius 1 is 0.690 bits per heavy atom. The van der Waals surface area contributed by atoms with Crippen molar-refractivity contribution in [2.45, 2.75) is 99.2 Å². The van der Waals surface area contributed by atoms with Crippen LogP contribution in [0.4, 0.5) is 26.3 Å². The van der Waals surface area contributed by atoms with Gasteiger partial charge in [0.05, 0.1) is 10.8 Å². The first kappa shape index (κ1) is 29.7. The number of esters is 2. The van der Waals surface area contributed by atoms with Crippen LogP contribution < -0.4 is 0 Å². The van der Waals surface area contributed by atoms with Gasteiger partial charge in [-0.1, -0.05) is 13.8 Å². The van der Waals surface area contributed by atoms with E-state index in [9.17, 15) is 35.9 Å². The van der Waals surface area contributed by atoms with Crippen LogP contribution in [0.1, 0.15) is 75.2 Å². The van der Waals surface area contributed by atoms with Crippen LogP contribution >= 0.6 is 0 Å². The Balaban J connectivity index is 0. The molecular formula is C19H32F6O4. The van der Waals surface area contributed by atoms with Gasteiger partial charge in [0.15, 0.2) is 0 Å². The monoisotopic (exact) mass is 438 g/mol. The summed E-state index contributed by atoms with van der Waals surface area (Å²) in [4.78, 5) is 22.7. The molecule has 4 nitrogen and oxygen atoms in total. The van der Waals surface area contributed by atoms with Crippen LogP contribution in [-0.4, -0.2) is 36.0 Å². The number of rotatable bonds is 5. The molecule has 0 radical (unpaired) electrons. The summed E-state index contributed by atoms with van der Waals surface area (Å²) in [6.45, 7) is 15.3. The zero-order valence-electron chi connectivity index (χ0n) is 18.4. The van der Waals surface area contributed by atoms with E-state index in [4.69, 9.17) is 4.74 Å². The third-order valence-electron chi connectivity index (χ3n) is 4.09. The number of halogens is 6. The highest BCUT2D eigenvalue weighted by atomic mass is 19.4. The first-order chi connectivity index (χ1) is 12.5. The van der Waals surface area contributed by atoms with E-state index in [1.54, 1.807) is 0 Å². The van der Waals surface area contributed by atoms with Crippen LogP contribution in [0.3, 0.4) is 0 Å². The van der Waals surface area contributed by atoms with Gasteiger partial charge >= 0.3 is 24.3 Å². The van der Waals surface area contributed by atoms with Crippen molar-refractivity contribution in [1.29, 1.82) is 0 Å². The molecule has 0 atom stereocenters. The molecule has 29 heavy (non-hydrogen) atoms. The predicted octanol–water partition coefficient (Wildman–Crippen LogP) is 6.22. The van der Waals surface area contributed by atoms with Gasteiger partial charge in [0.25, 0.3) is 6.10 Å². The number of hydrogen-bond donors (Lipinski definition) is 0. The van der Waals surface area contributed by atoms with Crippen molar-refractivity contribution in [3.05, 3.63) is 0 Å². The lowest BCUT2D eigenvalue weighted by atomic mass is 9.90. The molecule has 0 aromatic rings. The molecule has 0 aliphatic heterocycles. The molecule has 0 unspecified atom stereocenters. The molecule has 0 rings (SSSR count). The van der Waals surface area contributed by atoms with Crippen molar-refractivity contribution in [3.8, 4) is 0 Å². The van der Waals surface area contributed by atoms with E-state index >= 15 is 0 Å². The molecule has 0 spiro atoms. The maximum absolute atomic E-state index is 12.1. The van der Waals surface area contributed by atoms with E-state index in [-0.39, 0.29) is 23.4 Å². The van der Waals surface area contributed by atoms with Gasteiger partial charge in [-0.2, -0.15) is 26.3 Å². The van der Waals surface area contributed by atoms with E-state index in [1.165, 1.54) is 20.8 Å². The fourth-order valence-electron chi connectivity index (χ4n) is 1.29. The summed E-state index contributed by atoms with van der Waals surface area (Å²) in [5, 5.41) is 0. The van der Waals surface area contributed by atoms with Crippen molar-refractivity contribution in [3.63, 3.8) is 0 Å². The fraction of sp³-hybridized carbons (Fsp3) is 0.895. The summed E-state index contributed by atoms with van der Waals surface area (Å²) in [6.07, 6.45) is -14.5. The summed E-state index contributed by atoms with van der Waals surface area (Å²) in [7, 11) is 0. The molecule has 0 bridgehead atoms. The average molecular weight is 438 g/mol. The lowest BCUT2D eigenvalue weighted by molar-refractivity contribution is -0.315. The van der Waals surface area contributed by atoms with E-state index in [0.29, 0.717) is 0 Å². The van der Waals surface area contributed by atoms with Crippen molar-refractivity contribution in [1.82, 2.24) is 0 Å². The van der Waals surface area contributed by atoms with Crippen LogP contribution in [0.2, 0.25) is 0 Å². The molecule has 0 heterocycles. The Morgan fingerprint density at radius 3 is 1.24 bits per heavy atom. The van der Waals surface area contributed by atoms with Gasteiger partial charge < -0.3 is 9.47 Å². The fourth-order valence-corrected chi connectivity index (χ4v) is 1.29. The zero-order chi connectivity index (χ0) is 24.1. The van der Waals surface area contributed by atoms with Crippen molar-refractivity contribution >= 4 is 11.9 Å². The SMILES string of the molecule is CCC(C)(C)C(=O)OC(C(F)(F)F)C(F)(F)F.CCC(C)(C)C(=O)OC(C)(C)C. The molecule has 0 amide bonds. The molecule has 0 aliphatic rings. The summed E-state index contributed by atoms with van der Waals surface area (Å²) >= 11 is 0. The third-order valence-corrected chi connectivity index (χ3v) is 4.09. The standard InChI is InChI=1S/C10H20O2.C9H12F6O2/c1-7-10(5,6)8(11)12-9(2,3)4;1-4-7(2,3)6(16)17-5(8(10,11)12)9(13,14)15/h7H2,1-6H3;5H,4H2,1-3H3. The van der Waals surface area contributed by atoms with E-state index in [2.05, 4.69) is 4.74 Å². The minimum absolute atomic E-state index is 0.0638. The van der Waals surface area contributed by atoms with Gasteiger partial charge in [-0.15, -0.1) is 0 Å². The molecule has 10 heteroatoms. The van der Waals surface area contributed by atoms with Crippen LogP contribution in [0.15, 0.2) is 0 Å². The molecule has 0 aromatic carbocycles. The van der Waals surface area contributed by atoms with Gasteiger partial charge in [-0.05, 0) is 61.3 Å². The highest BCUT2D eigenvalue weighted by molar-refractivity contribution is 5.76. The van der Waals surface area contributed by atoms with Gasteiger partial charge in [-0.25, -0.2) is 0 Å². The summed E-state index contributed by atoms with van der Waals surface area (Å²) in [5.41, 5.74) is -2.12. The minimum atomic E-state index is -5.67. The molecule has 0 aliphatic carbocycles. The summed E-state index contributed by atoms with van der Waals surface area (Å²) < 4.78 is 81.2. The van der Waals surface area contributed by atoms with Gasteiger partial charge in [0.1, 0.15) is 5.60 Å². The highest BCUT2D eigenvalue weighted by Gasteiger charge is 2.60. The topological polar surface area (TPSA) is 52.6 Å². The Morgan fingerprint density at radius 2 is 1.00 bits per heavy atom. The van der Waals surface area contributed by atoms with Crippen molar-refractivity contribution in [2.24, 2.45) is 10.8 Å². The Kier molecular flexibility index (Phi) is 10.3. The van der Waals surface area contributed by atoms with Gasteiger partial charge in [0.2, 0.25) is 0 Å². The van der Waals surface area contributed by atoms with Gasteiger partial charge in [-0.3, -0.25) is 9.59 Å². The normalized spacial score (nSPS) is 13.5. The molecular weight excluding hydrogens is 406 g/mol. The smallest absolute Gasteiger partial charge is 0.434 e. The number of ether oxygens (including phenoxy) is 2. The zero-order valence-corrected chi connectivity index (χ0v) is 18.4. The van der Waals surface area contributed by atoms with Crippen LogP contribution in [0, 0.1) is 10.8 Å². The van der Waals surface area contributed by atoms with Crippen LogP contribution in [0.5, 0.6) is 0 Å². The molecule has 174 valence electrons. The van der Waals surface area contributed by atoms with Crippen molar-refractivity contribution in [2.75, 3.05) is 0 Å². The summed E-state index contributed by atoms with van der Waals surface area (Å²) in [5.74, 6) is -1.64. The number of carbonyl (C=O) groups excluding carboxylic acids is 2. The molecule has 0 fully saturated rings. The largest absolute Gasteiger partial charge is 0.460 e. The molecule has 0 saturated carbocycles. The first-order valence-corrected chi connectivity index (χ1v) is 9.09. The minimum Gasteiger partial charge on any atom is -0.460 e. The highest BCUT2D eigenvalue weighted by Crippen LogP contribution is 2.37. The van der Waals surface area contributed by atoms with E-state index in [1.807, 2.05) is 41.5 Å². The van der Waals surface area contributed by atoms with E-state index < -0.39 is 29.8 Å². The maximum atomic E-state index is 12.1. The number of alkyl halides is 6. The second kappa shape index (κ2) is 10.0. The maximum Gasteiger partial charge on any atom is 0.434 e. The molecule has 0 N–H and O–H groups in total. The van der Waals surface area contributed by atoms with Gasteiger partial charge in [0, 0.05) is 0 Å². The average Bonchev–Trinajstić information content (AvgIpc) is 2.48. The third kappa shape index (κ3) is 11.3. The number of hydrogen-bond acceptors (Lipinski definition) is 4. The lowest BCUT2D eigenvalue weighted by Gasteiger charge is -2.27. The quantitative estimate of drug-likeness (QED) is 0.378. The molecule has 0 aromatic heterocycles. The lowest BCUT2D eigenvalue weighted by Crippen LogP contribution is -2.47. The Labute approximate surface area is 168 Å². The van der Waals surface area contributed by atoms with E-state index in [0.717, 1.165) is 6.42 Å². The first-order valence-electron chi connectivity index (χ1n) is 9.09.